The van der Waals surface area contributed by atoms with Gasteiger partial charge in [-0.05, 0) is 41.0 Å². The van der Waals surface area contributed by atoms with Crippen LogP contribution in [0.2, 0.25) is 0 Å². The molecule has 0 radical (unpaired) electrons. The van der Waals surface area contributed by atoms with Crippen LogP contribution in [0.1, 0.15) is 5.56 Å². The molecule has 0 amide bonds. The second-order valence-corrected chi connectivity index (χ2v) is 5.55. The molecule has 0 atom stereocenters. The van der Waals surface area contributed by atoms with Crippen LogP contribution in [0.15, 0.2) is 77.2 Å². The summed E-state index contributed by atoms with van der Waals surface area (Å²) in [6.07, 6.45) is 0. The summed E-state index contributed by atoms with van der Waals surface area (Å²) in [5, 5.41) is 12.3. The molecule has 0 fully saturated rings. The van der Waals surface area contributed by atoms with Gasteiger partial charge in [0.25, 0.3) is 6.01 Å². The van der Waals surface area contributed by atoms with E-state index in [-0.39, 0.29) is 6.61 Å². The van der Waals surface area contributed by atoms with Gasteiger partial charge >= 0.3 is 0 Å². The van der Waals surface area contributed by atoms with E-state index in [0.29, 0.717) is 6.01 Å². The van der Waals surface area contributed by atoms with Crippen molar-refractivity contribution < 1.29 is 9.52 Å². The molecule has 0 spiro atoms. The summed E-state index contributed by atoms with van der Waals surface area (Å²) < 4.78 is 5.74. The van der Waals surface area contributed by atoms with Crippen LogP contribution in [0.4, 0.5) is 11.7 Å². The van der Waals surface area contributed by atoms with Gasteiger partial charge in [0.1, 0.15) is 5.52 Å². The summed E-state index contributed by atoms with van der Waals surface area (Å²) >= 11 is 0. The van der Waals surface area contributed by atoms with Crippen molar-refractivity contribution in [1.82, 2.24) is 4.98 Å². The topological polar surface area (TPSA) is 58.3 Å². The Morgan fingerprint density at radius 1 is 0.875 bits per heavy atom. The maximum absolute atomic E-state index is 9.13. The number of aromatic nitrogens is 1. The fraction of sp³-hybridized carbons (Fsp3) is 0.0500. The Balaban J connectivity index is 1.65. The van der Waals surface area contributed by atoms with Crippen LogP contribution in [0.3, 0.4) is 0 Å². The lowest BCUT2D eigenvalue weighted by Crippen LogP contribution is -1.88. The first kappa shape index (κ1) is 14.5. The van der Waals surface area contributed by atoms with Gasteiger partial charge in [-0.15, -0.1) is 0 Å². The van der Waals surface area contributed by atoms with Gasteiger partial charge in [-0.25, -0.2) is 0 Å². The van der Waals surface area contributed by atoms with Gasteiger partial charge in [0.2, 0.25) is 0 Å². The molecule has 0 saturated carbocycles. The molecule has 4 nitrogen and oxygen atoms in total. The Morgan fingerprint density at radius 3 is 2.38 bits per heavy atom. The molecule has 4 aromatic rings. The zero-order chi connectivity index (χ0) is 16.4. The van der Waals surface area contributed by atoms with E-state index >= 15 is 0 Å². The minimum absolute atomic E-state index is 0.0527. The average Bonchev–Trinajstić information content (AvgIpc) is 3.04. The number of hydrogen-bond donors (Lipinski definition) is 2. The number of oxazole rings is 1. The van der Waals surface area contributed by atoms with Gasteiger partial charge in [-0.3, -0.25) is 0 Å². The molecule has 2 N–H and O–H groups in total. The van der Waals surface area contributed by atoms with Crippen LogP contribution in [0, 0.1) is 0 Å². The fourth-order valence-electron chi connectivity index (χ4n) is 2.61. The summed E-state index contributed by atoms with van der Waals surface area (Å²) in [4.78, 5) is 4.51. The third kappa shape index (κ3) is 2.87. The lowest BCUT2D eigenvalue weighted by molar-refractivity contribution is 0.282. The van der Waals surface area contributed by atoms with Gasteiger partial charge in [0, 0.05) is 5.69 Å². The van der Waals surface area contributed by atoms with Crippen molar-refractivity contribution in [2.24, 2.45) is 0 Å². The molecule has 118 valence electrons. The normalized spacial score (nSPS) is 10.9. The number of para-hydroxylation sites is 1. The average molecular weight is 316 g/mol. The van der Waals surface area contributed by atoms with Gasteiger partial charge in [-0.2, -0.15) is 4.98 Å². The van der Waals surface area contributed by atoms with Crippen molar-refractivity contribution in [3.8, 4) is 11.1 Å². The largest absolute Gasteiger partial charge is 0.423 e. The second-order valence-electron chi connectivity index (χ2n) is 5.55. The molecule has 3 aromatic carbocycles. The maximum Gasteiger partial charge on any atom is 0.300 e. The van der Waals surface area contributed by atoms with Crippen molar-refractivity contribution in [2.45, 2.75) is 6.61 Å². The Bertz CT molecular complexity index is 960. The third-order valence-electron chi connectivity index (χ3n) is 3.88. The van der Waals surface area contributed by atoms with Crippen molar-refractivity contribution in [3.63, 3.8) is 0 Å². The first-order valence-electron chi connectivity index (χ1n) is 7.75. The Hall–Kier alpha value is -3.11. The number of benzene rings is 3. The highest BCUT2D eigenvalue weighted by Gasteiger charge is 2.08. The summed E-state index contributed by atoms with van der Waals surface area (Å²) in [5.41, 5.74) is 5.52. The maximum atomic E-state index is 9.13. The molecule has 0 aliphatic heterocycles. The summed E-state index contributed by atoms with van der Waals surface area (Å²) in [5.74, 6) is 0. The standard InChI is InChI=1S/C20H16N2O2/c23-13-14-6-8-15(9-7-14)16-10-11-19-18(12-16)22-20(24-19)21-17-4-2-1-3-5-17/h1-12,23H,13H2,(H,21,22). The number of nitrogens with one attached hydrogen (secondary N) is 1. The molecule has 4 rings (SSSR count). The smallest absolute Gasteiger partial charge is 0.300 e. The molecule has 0 aliphatic rings. The van der Waals surface area contributed by atoms with Crippen LogP contribution in [-0.2, 0) is 6.61 Å². The van der Waals surface area contributed by atoms with E-state index in [4.69, 9.17) is 9.52 Å². The minimum atomic E-state index is 0.0527. The molecule has 4 heteroatoms. The fourth-order valence-corrected chi connectivity index (χ4v) is 2.61. The molecule has 0 saturated heterocycles. The molecule has 24 heavy (non-hydrogen) atoms. The predicted molar refractivity (Wildman–Crippen MR) is 95.1 cm³/mol. The second kappa shape index (κ2) is 6.18. The summed E-state index contributed by atoms with van der Waals surface area (Å²) in [6.45, 7) is 0.0527. The first-order chi connectivity index (χ1) is 11.8. The molecule has 0 aliphatic carbocycles. The number of aliphatic hydroxyl groups excluding tert-OH is 1. The number of hydrogen-bond acceptors (Lipinski definition) is 4. The Labute approximate surface area is 139 Å². The molecular formula is C20H16N2O2. The quantitative estimate of drug-likeness (QED) is 0.571. The van der Waals surface area contributed by atoms with Gasteiger partial charge in [-0.1, -0.05) is 48.5 Å². The monoisotopic (exact) mass is 316 g/mol. The number of rotatable bonds is 4. The zero-order valence-electron chi connectivity index (χ0n) is 12.9. The van der Waals surface area contributed by atoms with Crippen LogP contribution in [0.5, 0.6) is 0 Å². The van der Waals surface area contributed by atoms with E-state index in [1.807, 2.05) is 72.8 Å². The molecule has 0 unspecified atom stereocenters. The van der Waals surface area contributed by atoms with E-state index in [0.717, 1.165) is 33.5 Å². The highest BCUT2D eigenvalue weighted by Crippen LogP contribution is 2.27. The van der Waals surface area contributed by atoms with Gasteiger partial charge in [0.05, 0.1) is 6.61 Å². The summed E-state index contributed by atoms with van der Waals surface area (Å²) in [7, 11) is 0. The van der Waals surface area contributed by atoms with Crippen molar-refractivity contribution >= 4 is 22.8 Å². The number of nitrogens with zero attached hydrogens (tertiary/aromatic N) is 1. The van der Waals surface area contributed by atoms with E-state index < -0.39 is 0 Å². The van der Waals surface area contributed by atoms with Crippen LogP contribution >= 0.6 is 0 Å². The van der Waals surface area contributed by atoms with Crippen molar-refractivity contribution in [3.05, 3.63) is 78.4 Å². The SMILES string of the molecule is OCc1ccc(-c2ccc3oc(Nc4ccccc4)nc3c2)cc1. The number of anilines is 2. The Kier molecular flexibility index (Phi) is 3.73. The van der Waals surface area contributed by atoms with Crippen molar-refractivity contribution in [1.29, 1.82) is 0 Å². The zero-order valence-corrected chi connectivity index (χ0v) is 12.9. The van der Waals surface area contributed by atoms with E-state index in [1.54, 1.807) is 0 Å². The lowest BCUT2D eigenvalue weighted by atomic mass is 10.0. The first-order valence-corrected chi connectivity index (χ1v) is 7.75. The highest BCUT2D eigenvalue weighted by atomic mass is 16.4. The van der Waals surface area contributed by atoms with Gasteiger partial charge in [0.15, 0.2) is 5.58 Å². The van der Waals surface area contributed by atoms with E-state index in [1.165, 1.54) is 0 Å². The van der Waals surface area contributed by atoms with Crippen LogP contribution in [0.25, 0.3) is 22.2 Å². The Morgan fingerprint density at radius 2 is 1.62 bits per heavy atom. The molecule has 1 heterocycles. The van der Waals surface area contributed by atoms with E-state index in [9.17, 15) is 0 Å². The number of fused-ring (bicyclic) bond motifs is 1. The minimum Gasteiger partial charge on any atom is -0.423 e. The highest BCUT2D eigenvalue weighted by molar-refractivity contribution is 5.82. The molecule has 0 bridgehead atoms. The lowest BCUT2D eigenvalue weighted by Gasteiger charge is -2.02. The molecule has 1 aromatic heterocycles. The van der Waals surface area contributed by atoms with Crippen LogP contribution < -0.4 is 5.32 Å². The molecular weight excluding hydrogens is 300 g/mol. The van der Waals surface area contributed by atoms with Crippen molar-refractivity contribution in [2.75, 3.05) is 5.32 Å². The van der Waals surface area contributed by atoms with Gasteiger partial charge < -0.3 is 14.8 Å². The number of aliphatic hydroxyl groups is 1. The van der Waals surface area contributed by atoms with Crippen LogP contribution in [-0.4, -0.2) is 10.1 Å². The third-order valence-corrected chi connectivity index (χ3v) is 3.88. The van der Waals surface area contributed by atoms with E-state index in [2.05, 4.69) is 10.3 Å². The predicted octanol–water partition coefficient (Wildman–Crippen LogP) is 4.73. The summed E-state index contributed by atoms with van der Waals surface area (Å²) in [6, 6.07) is 24.0.